The lowest BCUT2D eigenvalue weighted by Crippen LogP contribution is -2.52. The van der Waals surface area contributed by atoms with Gasteiger partial charge in [-0.1, -0.05) is 0 Å². The number of carboxylic acid groups (broad SMARTS) is 1. The number of carbonyl (C=O) groups is 2. The molecule has 82 valence electrons. The number of nitrogens with one attached hydrogen (secondary N) is 1. The van der Waals surface area contributed by atoms with Crippen LogP contribution in [0.4, 0.5) is 4.79 Å². The van der Waals surface area contributed by atoms with Crippen LogP contribution in [0, 0.1) is 0 Å². The molecule has 2 N–H and O–H groups in total. The highest BCUT2D eigenvalue weighted by Gasteiger charge is 2.27. The molecule has 0 aromatic heterocycles. The smallest absolute Gasteiger partial charge is 0.323 e. The summed E-state index contributed by atoms with van der Waals surface area (Å²) in [6.45, 7) is 7.39. The summed E-state index contributed by atoms with van der Waals surface area (Å²) < 4.78 is 0. The van der Waals surface area contributed by atoms with Crippen molar-refractivity contribution in [2.45, 2.75) is 33.2 Å². The fraction of sp³-hybridized carbons (Fsp3) is 0.778. The van der Waals surface area contributed by atoms with Gasteiger partial charge in [0.25, 0.3) is 0 Å². The van der Waals surface area contributed by atoms with Crippen molar-refractivity contribution >= 4 is 12.0 Å². The van der Waals surface area contributed by atoms with Crippen LogP contribution in [0.2, 0.25) is 0 Å². The molecule has 0 bridgehead atoms. The van der Waals surface area contributed by atoms with Crippen LogP contribution in [0.3, 0.4) is 0 Å². The van der Waals surface area contributed by atoms with E-state index in [0.717, 1.165) is 0 Å². The number of nitrogens with zero attached hydrogens (tertiary/aromatic N) is 1. The van der Waals surface area contributed by atoms with E-state index in [1.54, 1.807) is 27.7 Å². The van der Waals surface area contributed by atoms with Crippen molar-refractivity contribution in [3.63, 3.8) is 0 Å². The first-order chi connectivity index (χ1) is 6.29. The van der Waals surface area contributed by atoms with E-state index >= 15 is 0 Å². The molecule has 0 spiro atoms. The summed E-state index contributed by atoms with van der Waals surface area (Å²) >= 11 is 0. The van der Waals surface area contributed by atoms with Crippen LogP contribution < -0.4 is 5.32 Å². The summed E-state index contributed by atoms with van der Waals surface area (Å²) in [6.07, 6.45) is 0. The third kappa shape index (κ3) is 4.11. The number of hydrogen-bond acceptors (Lipinski definition) is 2. The van der Waals surface area contributed by atoms with Crippen molar-refractivity contribution in [2.24, 2.45) is 0 Å². The Morgan fingerprint density at radius 3 is 2.14 bits per heavy atom. The monoisotopic (exact) mass is 202 g/mol. The molecule has 0 aromatic rings. The molecule has 0 unspecified atom stereocenters. The lowest BCUT2D eigenvalue weighted by atomic mass is 10.1. The van der Waals surface area contributed by atoms with Gasteiger partial charge < -0.3 is 15.3 Å². The van der Waals surface area contributed by atoms with Gasteiger partial charge in [-0.15, -0.1) is 0 Å². The number of carbonyl (C=O) groups excluding carboxylic acids is 1. The highest BCUT2D eigenvalue weighted by molar-refractivity contribution is 5.80. The highest BCUT2D eigenvalue weighted by Crippen LogP contribution is 2.12. The van der Waals surface area contributed by atoms with Crippen LogP contribution in [0.1, 0.15) is 27.7 Å². The summed E-state index contributed by atoms with van der Waals surface area (Å²) in [5.74, 6) is -1.01. The third-order valence-corrected chi connectivity index (χ3v) is 1.68. The quantitative estimate of drug-likeness (QED) is 0.714. The molecule has 0 heterocycles. The highest BCUT2D eigenvalue weighted by atomic mass is 16.4. The van der Waals surface area contributed by atoms with Gasteiger partial charge in [-0.25, -0.2) is 4.79 Å². The van der Waals surface area contributed by atoms with E-state index in [2.05, 4.69) is 5.32 Å². The fourth-order valence-electron chi connectivity index (χ4n) is 0.996. The van der Waals surface area contributed by atoms with Gasteiger partial charge >= 0.3 is 12.0 Å². The van der Waals surface area contributed by atoms with Crippen LogP contribution in [-0.4, -0.2) is 40.6 Å². The molecule has 0 aliphatic carbocycles. The maximum atomic E-state index is 11.5. The number of amides is 2. The Morgan fingerprint density at radius 2 is 1.86 bits per heavy atom. The van der Waals surface area contributed by atoms with Gasteiger partial charge in [0.05, 0.1) is 0 Å². The first kappa shape index (κ1) is 12.7. The molecule has 5 heteroatoms. The molecule has 0 rings (SSSR count). The minimum Gasteiger partial charge on any atom is -0.480 e. The van der Waals surface area contributed by atoms with E-state index < -0.39 is 11.5 Å². The molecule has 0 aliphatic rings. The largest absolute Gasteiger partial charge is 0.480 e. The van der Waals surface area contributed by atoms with Gasteiger partial charge in [-0.2, -0.15) is 0 Å². The van der Waals surface area contributed by atoms with Crippen molar-refractivity contribution < 1.29 is 14.7 Å². The summed E-state index contributed by atoms with van der Waals surface area (Å²) in [5, 5.41) is 11.2. The predicted molar refractivity (Wildman–Crippen MR) is 53.2 cm³/mol. The third-order valence-electron chi connectivity index (χ3n) is 1.68. The summed E-state index contributed by atoms with van der Waals surface area (Å²) in [6, 6.07) is -0.345. The second-order valence-corrected chi connectivity index (χ2v) is 3.99. The summed E-state index contributed by atoms with van der Waals surface area (Å²) in [5.41, 5.74) is -0.488. The summed E-state index contributed by atoms with van der Waals surface area (Å²) in [7, 11) is 0. The fourth-order valence-corrected chi connectivity index (χ4v) is 0.996. The Bertz CT molecular complexity index is 221. The van der Waals surface area contributed by atoms with Crippen LogP contribution in [0.25, 0.3) is 0 Å². The molecule has 0 fully saturated rings. The molecule has 0 atom stereocenters. The first-order valence-corrected chi connectivity index (χ1v) is 4.56. The topological polar surface area (TPSA) is 69.6 Å². The lowest BCUT2D eigenvalue weighted by molar-refractivity contribution is -0.138. The average Bonchev–Trinajstić information content (AvgIpc) is 1.98. The standard InChI is InChI=1S/C9H18N2O3/c1-5-10-8(14)11(6-7(12)13)9(2,3)4/h5-6H2,1-4H3,(H,10,14)(H,12,13). The van der Waals surface area contributed by atoms with E-state index in [1.807, 2.05) is 0 Å². The average molecular weight is 202 g/mol. The molecule has 0 saturated heterocycles. The van der Waals surface area contributed by atoms with Crippen LogP contribution in [0.15, 0.2) is 0 Å². The zero-order chi connectivity index (χ0) is 11.4. The van der Waals surface area contributed by atoms with Crippen LogP contribution in [0.5, 0.6) is 0 Å². The molecule has 0 aliphatic heterocycles. The normalized spacial score (nSPS) is 10.9. The molecule has 0 saturated carbocycles. The Labute approximate surface area is 84.1 Å². The SMILES string of the molecule is CCNC(=O)N(CC(=O)O)C(C)(C)C. The predicted octanol–water partition coefficient (Wildman–Crippen LogP) is 0.901. The second-order valence-electron chi connectivity index (χ2n) is 3.99. The van der Waals surface area contributed by atoms with Gasteiger partial charge in [-0.05, 0) is 27.7 Å². The molecule has 0 radical (unpaired) electrons. The number of carboxylic acids is 1. The molecule has 14 heavy (non-hydrogen) atoms. The van der Waals surface area contributed by atoms with E-state index in [0.29, 0.717) is 6.54 Å². The van der Waals surface area contributed by atoms with Crippen molar-refractivity contribution in [3.05, 3.63) is 0 Å². The minimum atomic E-state index is -1.01. The van der Waals surface area contributed by atoms with E-state index in [-0.39, 0.29) is 12.6 Å². The van der Waals surface area contributed by atoms with E-state index in [1.165, 1.54) is 4.90 Å². The number of rotatable bonds is 3. The minimum absolute atomic E-state index is 0.282. The second kappa shape index (κ2) is 4.83. The van der Waals surface area contributed by atoms with Crippen molar-refractivity contribution in [3.8, 4) is 0 Å². The Hall–Kier alpha value is -1.26. The van der Waals surface area contributed by atoms with Gasteiger partial charge in [0.1, 0.15) is 6.54 Å². The van der Waals surface area contributed by atoms with Crippen LogP contribution in [-0.2, 0) is 4.79 Å². The van der Waals surface area contributed by atoms with Gasteiger partial charge in [0.2, 0.25) is 0 Å². The molecule has 5 nitrogen and oxygen atoms in total. The Balaban J connectivity index is 4.55. The molecular weight excluding hydrogens is 184 g/mol. The van der Waals surface area contributed by atoms with Crippen molar-refractivity contribution in [2.75, 3.05) is 13.1 Å². The maximum Gasteiger partial charge on any atom is 0.323 e. The Morgan fingerprint density at radius 1 is 1.36 bits per heavy atom. The molecular formula is C9H18N2O3. The number of aliphatic carboxylic acids is 1. The van der Waals surface area contributed by atoms with Crippen molar-refractivity contribution in [1.29, 1.82) is 0 Å². The Kier molecular flexibility index (Phi) is 4.40. The van der Waals surface area contributed by atoms with Crippen molar-refractivity contribution in [1.82, 2.24) is 10.2 Å². The number of urea groups is 1. The van der Waals surface area contributed by atoms with Gasteiger partial charge in [0, 0.05) is 12.1 Å². The first-order valence-electron chi connectivity index (χ1n) is 4.56. The van der Waals surface area contributed by atoms with E-state index in [4.69, 9.17) is 5.11 Å². The molecule has 0 aromatic carbocycles. The zero-order valence-electron chi connectivity index (χ0n) is 9.13. The summed E-state index contributed by atoms with van der Waals surface area (Å²) in [4.78, 5) is 23.3. The van der Waals surface area contributed by atoms with Crippen LogP contribution >= 0.6 is 0 Å². The maximum absolute atomic E-state index is 11.5. The molecule has 2 amide bonds. The zero-order valence-corrected chi connectivity index (χ0v) is 9.13. The van der Waals surface area contributed by atoms with Gasteiger partial charge in [-0.3, -0.25) is 4.79 Å². The van der Waals surface area contributed by atoms with Gasteiger partial charge in [0.15, 0.2) is 0 Å². The lowest BCUT2D eigenvalue weighted by Gasteiger charge is -2.34. The van der Waals surface area contributed by atoms with E-state index in [9.17, 15) is 9.59 Å². The number of hydrogen-bond donors (Lipinski definition) is 2.